The lowest BCUT2D eigenvalue weighted by Gasteiger charge is -2.29. The zero-order valence-corrected chi connectivity index (χ0v) is 18.1. The average molecular weight is 418 g/mol. The summed E-state index contributed by atoms with van der Waals surface area (Å²) < 4.78 is 5.46. The highest BCUT2D eigenvalue weighted by Crippen LogP contribution is 2.31. The Kier molecular flexibility index (Phi) is 6.06. The van der Waals surface area contributed by atoms with Gasteiger partial charge in [-0.2, -0.15) is 0 Å². The first-order chi connectivity index (χ1) is 15.0. The summed E-state index contributed by atoms with van der Waals surface area (Å²) in [6.45, 7) is 8.64. The van der Waals surface area contributed by atoms with Crippen LogP contribution in [0.5, 0.6) is 0 Å². The monoisotopic (exact) mass is 417 g/mol. The van der Waals surface area contributed by atoms with Crippen molar-refractivity contribution in [2.24, 2.45) is 4.99 Å². The van der Waals surface area contributed by atoms with Crippen LogP contribution in [-0.2, 0) is 10.3 Å². The smallest absolute Gasteiger partial charge is 0.126 e. The summed E-state index contributed by atoms with van der Waals surface area (Å²) in [5, 5.41) is 12.0. The van der Waals surface area contributed by atoms with E-state index >= 15 is 0 Å². The summed E-state index contributed by atoms with van der Waals surface area (Å²) in [5.74, 6) is 0. The maximum atomic E-state index is 11.1. The van der Waals surface area contributed by atoms with Gasteiger partial charge in [-0.25, -0.2) is 9.97 Å². The van der Waals surface area contributed by atoms with Crippen LogP contribution in [0.1, 0.15) is 26.3 Å². The van der Waals surface area contributed by atoms with Crippen LogP contribution in [0.15, 0.2) is 60.3 Å². The molecule has 0 spiro atoms. The van der Waals surface area contributed by atoms with Crippen molar-refractivity contribution >= 4 is 22.3 Å². The number of allylic oxidation sites excluding steroid dienone is 1. The molecule has 1 N–H and O–H groups in total. The molecular weight excluding hydrogens is 390 g/mol. The maximum absolute atomic E-state index is 11.1. The van der Waals surface area contributed by atoms with Crippen molar-refractivity contribution in [2.75, 3.05) is 31.2 Å². The summed E-state index contributed by atoms with van der Waals surface area (Å²) in [6.07, 6.45) is 8.50. The molecule has 4 rings (SSSR count). The Balaban J connectivity index is 1.73. The second kappa shape index (κ2) is 8.91. The number of hydrogen-bond acceptors (Lipinski definition) is 7. The van der Waals surface area contributed by atoms with Gasteiger partial charge in [-0.05, 0) is 45.0 Å². The van der Waals surface area contributed by atoms with Crippen LogP contribution >= 0.6 is 0 Å². The van der Waals surface area contributed by atoms with Crippen molar-refractivity contribution in [3.63, 3.8) is 0 Å². The van der Waals surface area contributed by atoms with Gasteiger partial charge in [0.25, 0.3) is 0 Å². The third-order valence-corrected chi connectivity index (χ3v) is 5.69. The van der Waals surface area contributed by atoms with Crippen molar-refractivity contribution in [2.45, 2.75) is 26.4 Å². The SMILES string of the molecule is C/C=C\N=C(/C)C(C)(O)c1cncc(-c2ncnc3cc(N4CCOCC4)ccc23)c1. The summed E-state index contributed by atoms with van der Waals surface area (Å²) >= 11 is 0. The fraction of sp³-hybridized carbons (Fsp3) is 0.333. The molecule has 0 amide bonds. The summed E-state index contributed by atoms with van der Waals surface area (Å²) in [7, 11) is 0. The van der Waals surface area contributed by atoms with E-state index in [1.807, 2.05) is 19.1 Å². The molecule has 0 saturated carbocycles. The van der Waals surface area contributed by atoms with Crippen LogP contribution in [0.3, 0.4) is 0 Å². The van der Waals surface area contributed by atoms with Gasteiger partial charge in [0.05, 0.1) is 30.1 Å². The molecule has 160 valence electrons. The number of anilines is 1. The number of aliphatic hydroxyl groups is 1. The van der Waals surface area contributed by atoms with Crippen molar-refractivity contribution in [3.8, 4) is 11.3 Å². The lowest BCUT2D eigenvalue weighted by molar-refractivity contribution is 0.122. The molecule has 1 saturated heterocycles. The number of aromatic nitrogens is 3. The maximum Gasteiger partial charge on any atom is 0.126 e. The highest BCUT2D eigenvalue weighted by Gasteiger charge is 2.27. The quantitative estimate of drug-likeness (QED) is 0.637. The van der Waals surface area contributed by atoms with E-state index in [4.69, 9.17) is 4.74 Å². The molecule has 31 heavy (non-hydrogen) atoms. The molecule has 0 radical (unpaired) electrons. The largest absolute Gasteiger partial charge is 0.379 e. The zero-order chi connectivity index (χ0) is 21.8. The van der Waals surface area contributed by atoms with E-state index in [1.54, 1.807) is 38.8 Å². The number of aliphatic imine (C=N–C) groups is 1. The van der Waals surface area contributed by atoms with Gasteiger partial charge in [-0.1, -0.05) is 6.08 Å². The number of fused-ring (bicyclic) bond motifs is 1. The predicted molar refractivity (Wildman–Crippen MR) is 123 cm³/mol. The van der Waals surface area contributed by atoms with Crippen LogP contribution in [0.4, 0.5) is 5.69 Å². The van der Waals surface area contributed by atoms with E-state index in [9.17, 15) is 5.11 Å². The van der Waals surface area contributed by atoms with Gasteiger partial charge in [0.15, 0.2) is 0 Å². The molecule has 1 fully saturated rings. The lowest BCUT2D eigenvalue weighted by atomic mass is 9.91. The normalized spacial score (nSPS) is 17.3. The Morgan fingerprint density at radius 3 is 2.77 bits per heavy atom. The predicted octanol–water partition coefficient (Wildman–Crippen LogP) is 3.73. The van der Waals surface area contributed by atoms with Crippen LogP contribution < -0.4 is 4.90 Å². The van der Waals surface area contributed by atoms with E-state index in [2.05, 4.69) is 43.0 Å². The van der Waals surface area contributed by atoms with E-state index in [-0.39, 0.29) is 0 Å². The minimum atomic E-state index is -1.24. The van der Waals surface area contributed by atoms with E-state index in [0.29, 0.717) is 11.3 Å². The van der Waals surface area contributed by atoms with Gasteiger partial charge in [0.2, 0.25) is 0 Å². The first-order valence-corrected chi connectivity index (χ1v) is 10.4. The van der Waals surface area contributed by atoms with Gasteiger partial charge in [-0.3, -0.25) is 9.98 Å². The second-order valence-electron chi connectivity index (χ2n) is 7.75. The summed E-state index contributed by atoms with van der Waals surface area (Å²) in [5.41, 5.74) is 3.62. The highest BCUT2D eigenvalue weighted by molar-refractivity contribution is 5.95. The van der Waals surface area contributed by atoms with Gasteiger partial charge in [-0.15, -0.1) is 0 Å². The Labute approximate surface area is 182 Å². The van der Waals surface area contributed by atoms with Crippen LogP contribution in [-0.4, -0.2) is 52.1 Å². The molecule has 3 aromatic rings. The first kappa shape index (κ1) is 21.1. The molecule has 3 heterocycles. The Hall–Kier alpha value is -3.16. The fourth-order valence-corrected chi connectivity index (χ4v) is 3.65. The van der Waals surface area contributed by atoms with Crippen molar-refractivity contribution in [3.05, 3.63) is 60.8 Å². The number of rotatable bonds is 5. The van der Waals surface area contributed by atoms with Crippen LogP contribution in [0.2, 0.25) is 0 Å². The molecule has 2 aromatic heterocycles. The van der Waals surface area contributed by atoms with Crippen LogP contribution in [0.25, 0.3) is 22.2 Å². The standard InChI is InChI=1S/C24H27N5O2/c1-4-7-26-17(2)24(3,30)19-12-18(14-25-15-19)23-21-6-5-20(13-22(21)27-16-28-23)29-8-10-31-11-9-29/h4-7,12-16,30H,8-11H2,1-3H3/b7-4-,26-17+. The van der Waals surface area contributed by atoms with Gasteiger partial charge in [0.1, 0.15) is 11.9 Å². The third kappa shape index (κ3) is 4.33. The fourth-order valence-electron chi connectivity index (χ4n) is 3.65. The van der Waals surface area contributed by atoms with Gasteiger partial charge in [0, 0.05) is 53.9 Å². The van der Waals surface area contributed by atoms with E-state index in [0.717, 1.165) is 54.2 Å². The zero-order valence-electron chi connectivity index (χ0n) is 18.1. The Morgan fingerprint density at radius 2 is 2.00 bits per heavy atom. The van der Waals surface area contributed by atoms with Crippen LogP contribution in [0, 0.1) is 0 Å². The summed E-state index contributed by atoms with van der Waals surface area (Å²) in [4.78, 5) is 20.0. The molecule has 7 heteroatoms. The summed E-state index contributed by atoms with van der Waals surface area (Å²) in [6, 6.07) is 8.16. The minimum absolute atomic E-state index is 0.590. The third-order valence-electron chi connectivity index (χ3n) is 5.69. The Morgan fingerprint density at radius 1 is 1.19 bits per heavy atom. The molecular formula is C24H27N5O2. The number of hydrogen-bond donors (Lipinski definition) is 1. The van der Waals surface area contributed by atoms with Crippen molar-refractivity contribution < 1.29 is 9.84 Å². The topological polar surface area (TPSA) is 83.7 Å². The van der Waals surface area contributed by atoms with Crippen molar-refractivity contribution in [1.82, 2.24) is 15.0 Å². The molecule has 1 aliphatic heterocycles. The van der Waals surface area contributed by atoms with E-state index < -0.39 is 5.60 Å². The molecule has 1 aromatic carbocycles. The lowest BCUT2D eigenvalue weighted by Crippen LogP contribution is -2.36. The number of nitrogens with zero attached hydrogens (tertiary/aromatic N) is 5. The van der Waals surface area contributed by atoms with E-state index in [1.165, 1.54) is 0 Å². The molecule has 0 aliphatic carbocycles. The van der Waals surface area contributed by atoms with Gasteiger partial charge >= 0.3 is 0 Å². The molecule has 1 aliphatic rings. The molecule has 1 atom stereocenters. The second-order valence-corrected chi connectivity index (χ2v) is 7.75. The Bertz CT molecular complexity index is 1130. The minimum Gasteiger partial charge on any atom is -0.379 e. The molecule has 1 unspecified atom stereocenters. The average Bonchev–Trinajstić information content (AvgIpc) is 2.82. The number of morpholine rings is 1. The molecule has 0 bridgehead atoms. The van der Waals surface area contributed by atoms with Crippen molar-refractivity contribution in [1.29, 1.82) is 0 Å². The number of benzene rings is 1. The highest BCUT2D eigenvalue weighted by atomic mass is 16.5. The van der Waals surface area contributed by atoms with Gasteiger partial charge < -0.3 is 14.7 Å². The molecule has 7 nitrogen and oxygen atoms in total. The number of pyridine rings is 1. The first-order valence-electron chi connectivity index (χ1n) is 10.4. The number of ether oxygens (including phenoxy) is 1.